The summed E-state index contributed by atoms with van der Waals surface area (Å²) >= 11 is 7.48. The molecule has 0 aliphatic carbocycles. The number of aromatic nitrogens is 1. The van der Waals surface area contributed by atoms with E-state index in [1.54, 1.807) is 29.5 Å². The SMILES string of the molecule is CC(C)(C)c1csc(COc2cc(Cl)ccc2C#N)n1. The zero-order chi connectivity index (χ0) is 14.8. The molecule has 0 saturated carbocycles. The first-order chi connectivity index (χ1) is 9.40. The Morgan fingerprint density at radius 3 is 2.75 bits per heavy atom. The molecule has 5 heteroatoms. The molecule has 0 unspecified atom stereocenters. The number of hydrogen-bond acceptors (Lipinski definition) is 4. The quantitative estimate of drug-likeness (QED) is 0.836. The maximum atomic E-state index is 9.03. The van der Waals surface area contributed by atoms with E-state index in [1.807, 2.05) is 5.38 Å². The van der Waals surface area contributed by atoms with E-state index in [4.69, 9.17) is 21.6 Å². The van der Waals surface area contributed by atoms with Crippen molar-refractivity contribution in [2.24, 2.45) is 0 Å². The summed E-state index contributed by atoms with van der Waals surface area (Å²) in [6.45, 7) is 6.71. The lowest BCUT2D eigenvalue weighted by atomic mass is 9.93. The highest BCUT2D eigenvalue weighted by atomic mass is 35.5. The Balaban J connectivity index is 2.12. The third kappa shape index (κ3) is 3.50. The Hall–Kier alpha value is -1.57. The maximum Gasteiger partial charge on any atom is 0.140 e. The van der Waals surface area contributed by atoms with E-state index in [-0.39, 0.29) is 5.41 Å². The fraction of sp³-hybridized carbons (Fsp3) is 0.333. The molecule has 0 aliphatic rings. The van der Waals surface area contributed by atoms with Gasteiger partial charge in [0.25, 0.3) is 0 Å². The molecule has 20 heavy (non-hydrogen) atoms. The summed E-state index contributed by atoms with van der Waals surface area (Å²) in [5, 5.41) is 12.5. The van der Waals surface area contributed by atoms with E-state index in [1.165, 1.54) is 0 Å². The molecular formula is C15H15ClN2OS. The molecule has 2 rings (SSSR count). The first-order valence-corrected chi connectivity index (χ1v) is 7.43. The highest BCUT2D eigenvalue weighted by molar-refractivity contribution is 7.09. The summed E-state index contributed by atoms with van der Waals surface area (Å²) in [6.07, 6.45) is 0. The Morgan fingerprint density at radius 1 is 1.40 bits per heavy atom. The minimum Gasteiger partial charge on any atom is -0.485 e. The Morgan fingerprint density at radius 2 is 2.15 bits per heavy atom. The smallest absolute Gasteiger partial charge is 0.140 e. The van der Waals surface area contributed by atoms with Crippen LogP contribution in [-0.2, 0) is 12.0 Å². The molecule has 0 bridgehead atoms. The summed E-state index contributed by atoms with van der Waals surface area (Å²) in [7, 11) is 0. The van der Waals surface area contributed by atoms with Crippen LogP contribution >= 0.6 is 22.9 Å². The minimum atomic E-state index is 0.0304. The predicted molar refractivity (Wildman–Crippen MR) is 81.3 cm³/mol. The van der Waals surface area contributed by atoms with Gasteiger partial charge in [-0.15, -0.1) is 11.3 Å². The van der Waals surface area contributed by atoms with Crippen molar-refractivity contribution in [1.82, 2.24) is 4.98 Å². The molecule has 2 aromatic rings. The van der Waals surface area contributed by atoms with Crippen molar-refractivity contribution in [1.29, 1.82) is 5.26 Å². The van der Waals surface area contributed by atoms with Crippen molar-refractivity contribution in [3.63, 3.8) is 0 Å². The topological polar surface area (TPSA) is 45.9 Å². The van der Waals surface area contributed by atoms with E-state index in [2.05, 4.69) is 31.8 Å². The average Bonchev–Trinajstić information content (AvgIpc) is 2.85. The van der Waals surface area contributed by atoms with Crippen LogP contribution in [0.1, 0.15) is 37.0 Å². The second-order valence-corrected chi connectivity index (χ2v) is 6.80. The number of ether oxygens (including phenoxy) is 1. The van der Waals surface area contributed by atoms with Crippen LogP contribution in [0.15, 0.2) is 23.6 Å². The van der Waals surface area contributed by atoms with Crippen molar-refractivity contribution < 1.29 is 4.74 Å². The molecule has 0 radical (unpaired) electrons. The third-order valence-electron chi connectivity index (χ3n) is 2.74. The molecule has 0 aliphatic heterocycles. The van der Waals surface area contributed by atoms with Crippen molar-refractivity contribution in [3.05, 3.63) is 44.9 Å². The number of halogens is 1. The van der Waals surface area contributed by atoms with Gasteiger partial charge in [0, 0.05) is 21.9 Å². The van der Waals surface area contributed by atoms with Gasteiger partial charge in [0.05, 0.1) is 11.3 Å². The number of nitrogens with zero attached hydrogens (tertiary/aromatic N) is 2. The second kappa shape index (κ2) is 5.82. The van der Waals surface area contributed by atoms with Crippen LogP contribution in [0.3, 0.4) is 0 Å². The van der Waals surface area contributed by atoms with Crippen LogP contribution < -0.4 is 4.74 Å². The summed E-state index contributed by atoms with van der Waals surface area (Å²) in [4.78, 5) is 4.55. The van der Waals surface area contributed by atoms with Crippen LogP contribution in [0.5, 0.6) is 5.75 Å². The summed E-state index contributed by atoms with van der Waals surface area (Å²) in [6, 6.07) is 7.07. The lowest BCUT2D eigenvalue weighted by molar-refractivity contribution is 0.304. The van der Waals surface area contributed by atoms with Gasteiger partial charge in [-0.25, -0.2) is 4.98 Å². The third-order valence-corrected chi connectivity index (χ3v) is 3.79. The van der Waals surface area contributed by atoms with Gasteiger partial charge in [0.2, 0.25) is 0 Å². The second-order valence-electron chi connectivity index (χ2n) is 5.42. The molecule has 0 saturated heterocycles. The normalized spacial score (nSPS) is 11.2. The van der Waals surface area contributed by atoms with E-state index in [0.717, 1.165) is 10.7 Å². The van der Waals surface area contributed by atoms with Gasteiger partial charge in [0.1, 0.15) is 23.4 Å². The monoisotopic (exact) mass is 306 g/mol. The van der Waals surface area contributed by atoms with Gasteiger partial charge < -0.3 is 4.74 Å². The van der Waals surface area contributed by atoms with Crippen molar-refractivity contribution >= 4 is 22.9 Å². The standard InChI is InChI=1S/C15H15ClN2OS/c1-15(2,3)13-9-20-14(18-13)8-19-12-6-11(16)5-4-10(12)7-17/h4-6,9H,8H2,1-3H3. The Labute approximate surface area is 127 Å². The van der Waals surface area contributed by atoms with E-state index in [9.17, 15) is 0 Å². The molecule has 3 nitrogen and oxygen atoms in total. The van der Waals surface area contributed by atoms with E-state index < -0.39 is 0 Å². The minimum absolute atomic E-state index is 0.0304. The van der Waals surface area contributed by atoms with Crippen molar-refractivity contribution in [2.45, 2.75) is 32.8 Å². The van der Waals surface area contributed by atoms with Crippen LogP contribution in [0.2, 0.25) is 5.02 Å². The van der Waals surface area contributed by atoms with Gasteiger partial charge in [-0.05, 0) is 12.1 Å². The van der Waals surface area contributed by atoms with Crippen LogP contribution in [0.4, 0.5) is 0 Å². The number of rotatable bonds is 3. The average molecular weight is 307 g/mol. The summed E-state index contributed by atoms with van der Waals surface area (Å²) in [5.41, 5.74) is 1.55. The molecule has 0 fully saturated rings. The lowest BCUT2D eigenvalue weighted by Gasteiger charge is -2.14. The molecule has 1 heterocycles. The molecule has 0 amide bonds. The summed E-state index contributed by atoms with van der Waals surface area (Å²) in [5.74, 6) is 0.493. The number of thiazole rings is 1. The first kappa shape index (κ1) is 14.8. The van der Waals surface area contributed by atoms with Gasteiger partial charge in [-0.2, -0.15) is 5.26 Å². The van der Waals surface area contributed by atoms with Gasteiger partial charge in [0.15, 0.2) is 0 Å². The molecule has 1 aromatic carbocycles. The fourth-order valence-corrected chi connectivity index (χ4v) is 2.66. The zero-order valence-electron chi connectivity index (χ0n) is 11.6. The van der Waals surface area contributed by atoms with Crippen molar-refractivity contribution in [2.75, 3.05) is 0 Å². The molecule has 0 atom stereocenters. The molecule has 0 N–H and O–H groups in total. The Bertz CT molecular complexity index is 653. The van der Waals surface area contributed by atoms with Crippen LogP contribution in [-0.4, -0.2) is 4.98 Å². The predicted octanol–water partition coefficient (Wildman–Crippen LogP) is 4.54. The van der Waals surface area contributed by atoms with Gasteiger partial charge >= 0.3 is 0 Å². The molecular weight excluding hydrogens is 292 g/mol. The van der Waals surface area contributed by atoms with Crippen LogP contribution in [0, 0.1) is 11.3 Å². The van der Waals surface area contributed by atoms with E-state index in [0.29, 0.717) is 22.9 Å². The lowest BCUT2D eigenvalue weighted by Crippen LogP contribution is -2.11. The molecule has 0 spiro atoms. The number of hydrogen-bond donors (Lipinski definition) is 0. The number of nitriles is 1. The first-order valence-electron chi connectivity index (χ1n) is 6.17. The van der Waals surface area contributed by atoms with Crippen LogP contribution in [0.25, 0.3) is 0 Å². The summed E-state index contributed by atoms with van der Waals surface area (Å²) < 4.78 is 5.66. The molecule has 1 aromatic heterocycles. The zero-order valence-corrected chi connectivity index (χ0v) is 13.2. The fourth-order valence-electron chi connectivity index (χ4n) is 1.57. The van der Waals surface area contributed by atoms with Gasteiger partial charge in [-0.1, -0.05) is 32.4 Å². The highest BCUT2D eigenvalue weighted by Gasteiger charge is 2.17. The maximum absolute atomic E-state index is 9.03. The number of benzene rings is 1. The molecule has 104 valence electrons. The highest BCUT2D eigenvalue weighted by Crippen LogP contribution is 2.26. The van der Waals surface area contributed by atoms with Crippen molar-refractivity contribution in [3.8, 4) is 11.8 Å². The van der Waals surface area contributed by atoms with E-state index >= 15 is 0 Å². The van der Waals surface area contributed by atoms with Gasteiger partial charge in [-0.3, -0.25) is 0 Å². The largest absolute Gasteiger partial charge is 0.485 e. The Kier molecular flexibility index (Phi) is 4.32.